The molecule has 3 aliphatic rings. The average Bonchev–Trinajstić information content (AvgIpc) is 3.16. The number of rotatable bonds is 2. The van der Waals surface area contributed by atoms with Crippen molar-refractivity contribution in [2.45, 2.75) is 37.0 Å². The van der Waals surface area contributed by atoms with Crippen molar-refractivity contribution in [1.82, 2.24) is 9.55 Å². The minimum atomic E-state index is -1.89. The molecule has 0 saturated carbocycles. The van der Waals surface area contributed by atoms with Gasteiger partial charge in [0.2, 0.25) is 0 Å². The van der Waals surface area contributed by atoms with Crippen molar-refractivity contribution < 1.29 is 19.6 Å². The van der Waals surface area contributed by atoms with E-state index < -0.39 is 16.5 Å². The van der Waals surface area contributed by atoms with Crippen LogP contribution in [-0.2, 0) is 28.3 Å². The Morgan fingerprint density at radius 1 is 1.34 bits per heavy atom. The van der Waals surface area contributed by atoms with Gasteiger partial charge in [-0.25, -0.2) is 9.78 Å². The standard InChI is InChI=1S/C22H15N3O6S/c1-2-22(28)13-7-16-18-11(8-24(16)20(26)12(13)9-31-21(22)27)10-5-6-32-19-15(25(29)30)4-3-14(23-18)17(10)19/h3-7,28H,2,8-9H2,1H3/t22-/m0/s1. The number of ether oxygens (including phenoxy) is 1. The molecule has 0 amide bonds. The van der Waals surface area contributed by atoms with Crippen LogP contribution < -0.4 is 5.56 Å². The molecule has 9 nitrogen and oxygen atoms in total. The summed E-state index contributed by atoms with van der Waals surface area (Å²) in [4.78, 5) is 42.0. The number of nitro benzene ring substituents is 1. The van der Waals surface area contributed by atoms with Gasteiger partial charge in [-0.2, -0.15) is 0 Å². The van der Waals surface area contributed by atoms with Crippen molar-refractivity contribution in [3.05, 3.63) is 66.3 Å². The van der Waals surface area contributed by atoms with Crippen LogP contribution >= 0.6 is 11.8 Å². The first-order valence-corrected chi connectivity index (χ1v) is 10.9. The van der Waals surface area contributed by atoms with Crippen LogP contribution in [0.2, 0.25) is 0 Å². The second-order valence-corrected chi connectivity index (χ2v) is 8.86. The van der Waals surface area contributed by atoms with Crippen LogP contribution in [0.15, 0.2) is 33.3 Å². The summed E-state index contributed by atoms with van der Waals surface area (Å²) in [5.74, 6) is -0.770. The molecule has 0 saturated heterocycles. The third-order valence-corrected chi connectivity index (χ3v) is 7.37. The molecule has 0 spiro atoms. The summed E-state index contributed by atoms with van der Waals surface area (Å²) in [6, 6.07) is 4.71. The van der Waals surface area contributed by atoms with Crippen LogP contribution in [0.25, 0.3) is 28.4 Å². The van der Waals surface area contributed by atoms with Gasteiger partial charge in [0.25, 0.3) is 11.2 Å². The molecule has 3 aromatic rings. The van der Waals surface area contributed by atoms with Crippen molar-refractivity contribution in [2.75, 3.05) is 0 Å². The van der Waals surface area contributed by atoms with Crippen LogP contribution in [-0.4, -0.2) is 25.6 Å². The van der Waals surface area contributed by atoms with E-state index in [1.54, 1.807) is 29.0 Å². The van der Waals surface area contributed by atoms with Crippen molar-refractivity contribution in [3.63, 3.8) is 0 Å². The molecule has 32 heavy (non-hydrogen) atoms. The summed E-state index contributed by atoms with van der Waals surface area (Å²) in [5, 5.41) is 25.0. The van der Waals surface area contributed by atoms with Gasteiger partial charge in [0.1, 0.15) is 6.61 Å². The Balaban J connectivity index is 1.67. The van der Waals surface area contributed by atoms with E-state index in [9.17, 15) is 24.8 Å². The molecule has 1 atom stereocenters. The number of hydrogen-bond acceptors (Lipinski definition) is 8. The van der Waals surface area contributed by atoms with Gasteiger partial charge in [0.15, 0.2) is 5.60 Å². The maximum atomic E-state index is 13.3. The van der Waals surface area contributed by atoms with E-state index >= 15 is 0 Å². The smallest absolute Gasteiger partial charge is 0.343 e. The second kappa shape index (κ2) is 6.27. The number of aromatic nitrogens is 2. The van der Waals surface area contributed by atoms with Gasteiger partial charge >= 0.3 is 5.97 Å². The number of aliphatic hydroxyl groups is 1. The molecule has 0 aliphatic carbocycles. The van der Waals surface area contributed by atoms with Gasteiger partial charge in [0.05, 0.1) is 38.8 Å². The SMILES string of the molecule is CC[C@@]1(O)C(=O)OCc2c1cc1n(c2=O)Cc2c-1nc1ccc([N+](=O)[O-])c3c1c2C=CS3. The van der Waals surface area contributed by atoms with Gasteiger partial charge in [-0.15, -0.1) is 0 Å². The number of nitro groups is 1. The van der Waals surface area contributed by atoms with Crippen LogP contribution in [0.4, 0.5) is 5.69 Å². The zero-order valence-corrected chi connectivity index (χ0v) is 17.6. The summed E-state index contributed by atoms with van der Waals surface area (Å²) in [5.41, 5.74) is 1.53. The first-order chi connectivity index (χ1) is 15.3. The lowest BCUT2D eigenvalue weighted by Gasteiger charge is -2.31. The summed E-state index contributed by atoms with van der Waals surface area (Å²) < 4.78 is 6.66. The molecular formula is C22H15N3O6S. The number of hydrogen-bond donors (Lipinski definition) is 1. The lowest BCUT2D eigenvalue weighted by molar-refractivity contribution is -0.387. The number of benzene rings is 1. The van der Waals surface area contributed by atoms with Gasteiger partial charge in [0, 0.05) is 22.6 Å². The molecule has 0 radical (unpaired) electrons. The molecule has 10 heteroatoms. The van der Waals surface area contributed by atoms with Crippen LogP contribution in [0.1, 0.15) is 35.6 Å². The molecule has 3 aliphatic heterocycles. The first-order valence-electron chi connectivity index (χ1n) is 9.99. The van der Waals surface area contributed by atoms with Crippen LogP contribution in [0.5, 0.6) is 0 Å². The van der Waals surface area contributed by atoms with E-state index in [1.165, 1.54) is 17.8 Å². The van der Waals surface area contributed by atoms with Crippen molar-refractivity contribution >= 4 is 40.4 Å². The Labute approximate surface area is 184 Å². The lowest BCUT2D eigenvalue weighted by Crippen LogP contribution is -2.44. The molecule has 1 aromatic carbocycles. The number of fused-ring (bicyclic) bond motifs is 5. The Kier molecular flexibility index (Phi) is 3.76. The largest absolute Gasteiger partial charge is 0.458 e. The molecule has 0 unspecified atom stereocenters. The average molecular weight is 449 g/mol. The predicted octanol–water partition coefficient (Wildman–Crippen LogP) is 3.06. The number of nitrogens with zero attached hydrogens (tertiary/aromatic N) is 3. The maximum Gasteiger partial charge on any atom is 0.343 e. The van der Waals surface area contributed by atoms with E-state index in [0.717, 1.165) is 11.1 Å². The predicted molar refractivity (Wildman–Crippen MR) is 116 cm³/mol. The fourth-order valence-corrected chi connectivity index (χ4v) is 5.72. The van der Waals surface area contributed by atoms with Gasteiger partial charge in [-0.1, -0.05) is 18.7 Å². The normalized spacial score (nSPS) is 20.0. The van der Waals surface area contributed by atoms with Crippen molar-refractivity contribution in [1.29, 1.82) is 0 Å². The Bertz CT molecular complexity index is 1510. The second-order valence-electron chi connectivity index (χ2n) is 7.94. The summed E-state index contributed by atoms with van der Waals surface area (Å²) in [6.45, 7) is 1.70. The highest BCUT2D eigenvalue weighted by Gasteiger charge is 2.45. The van der Waals surface area contributed by atoms with Crippen LogP contribution in [0.3, 0.4) is 0 Å². The topological polar surface area (TPSA) is 125 Å². The minimum absolute atomic E-state index is 0.0154. The summed E-state index contributed by atoms with van der Waals surface area (Å²) in [6.07, 6.45) is 1.95. The monoisotopic (exact) mass is 449 g/mol. The minimum Gasteiger partial charge on any atom is -0.458 e. The molecule has 160 valence electrons. The Morgan fingerprint density at radius 2 is 2.16 bits per heavy atom. The third-order valence-electron chi connectivity index (χ3n) is 6.45. The van der Waals surface area contributed by atoms with E-state index in [4.69, 9.17) is 9.72 Å². The summed E-state index contributed by atoms with van der Waals surface area (Å²) in [7, 11) is 0. The molecular weight excluding hydrogens is 434 g/mol. The summed E-state index contributed by atoms with van der Waals surface area (Å²) >= 11 is 1.27. The molecule has 0 fully saturated rings. The Hall–Kier alpha value is -3.50. The van der Waals surface area contributed by atoms with Gasteiger partial charge in [-0.05, 0) is 35.6 Å². The van der Waals surface area contributed by atoms with Gasteiger partial charge < -0.3 is 14.4 Å². The zero-order chi connectivity index (χ0) is 22.4. The van der Waals surface area contributed by atoms with E-state index in [1.807, 2.05) is 6.08 Å². The van der Waals surface area contributed by atoms with Crippen molar-refractivity contribution in [3.8, 4) is 11.4 Å². The van der Waals surface area contributed by atoms with E-state index in [0.29, 0.717) is 27.2 Å². The fourth-order valence-electron chi connectivity index (χ4n) is 4.78. The van der Waals surface area contributed by atoms with E-state index in [2.05, 4.69) is 0 Å². The molecule has 2 aromatic heterocycles. The molecule has 0 bridgehead atoms. The first kappa shape index (κ1) is 19.2. The number of esters is 1. The zero-order valence-electron chi connectivity index (χ0n) is 16.7. The third kappa shape index (κ3) is 2.25. The Morgan fingerprint density at radius 3 is 2.91 bits per heavy atom. The number of thioether (sulfide) groups is 1. The van der Waals surface area contributed by atoms with Crippen molar-refractivity contribution in [2.24, 2.45) is 0 Å². The number of carbonyl (C=O) groups is 1. The number of pyridine rings is 2. The maximum absolute atomic E-state index is 13.3. The number of cyclic esters (lactones) is 1. The van der Waals surface area contributed by atoms with E-state index in [-0.39, 0.29) is 41.9 Å². The molecule has 5 heterocycles. The molecule has 1 N–H and O–H groups in total. The highest BCUT2D eigenvalue weighted by molar-refractivity contribution is 8.02. The number of carbonyl (C=O) groups excluding carboxylic acids is 1. The van der Waals surface area contributed by atoms with Crippen LogP contribution in [0, 0.1) is 10.1 Å². The quantitative estimate of drug-likeness (QED) is 0.281. The van der Waals surface area contributed by atoms with Gasteiger partial charge in [-0.3, -0.25) is 14.9 Å². The lowest BCUT2D eigenvalue weighted by atomic mass is 9.86. The highest BCUT2D eigenvalue weighted by atomic mass is 32.2. The fraction of sp³-hybridized carbons (Fsp3) is 0.227. The molecule has 6 rings (SSSR count). The highest BCUT2D eigenvalue weighted by Crippen LogP contribution is 2.46.